The first-order valence-electron chi connectivity index (χ1n) is 7.33. The number of halogens is 3. The van der Waals surface area contributed by atoms with Crippen LogP contribution in [0.3, 0.4) is 0 Å². The fourth-order valence-corrected chi connectivity index (χ4v) is 1.41. The minimum atomic E-state index is -4.47. The Morgan fingerprint density at radius 1 is 1.33 bits per heavy atom. The van der Waals surface area contributed by atoms with Gasteiger partial charge in [-0.05, 0) is 6.07 Å². The molecule has 0 saturated carbocycles. The van der Waals surface area contributed by atoms with Crippen molar-refractivity contribution >= 4 is 23.7 Å². The van der Waals surface area contributed by atoms with Gasteiger partial charge in [0.15, 0.2) is 5.96 Å². The maximum Gasteiger partial charge on any atom is 0.408 e. The highest BCUT2D eigenvalue weighted by Crippen LogP contribution is 2.14. The average Bonchev–Trinajstić information content (AvgIpc) is 2.57. The number of nitrogens with one attached hydrogen (secondary N) is 1. The minimum Gasteiger partial charge on any atom is -0.478 e. The first kappa shape index (κ1) is 21.7. The average molecular weight is 391 g/mol. The number of ether oxygens (including phenoxy) is 2. The van der Waals surface area contributed by atoms with Gasteiger partial charge in [-0.15, -0.1) is 0 Å². The van der Waals surface area contributed by atoms with Gasteiger partial charge in [0, 0.05) is 24.8 Å². The summed E-state index contributed by atoms with van der Waals surface area (Å²) in [6.45, 7) is -1.39. The van der Waals surface area contributed by atoms with E-state index < -0.39 is 30.6 Å². The molecular formula is C14H16F3N5O5. The van der Waals surface area contributed by atoms with Crippen molar-refractivity contribution in [3.8, 4) is 6.01 Å². The third-order valence-corrected chi connectivity index (χ3v) is 2.44. The van der Waals surface area contributed by atoms with Crippen molar-refractivity contribution in [1.29, 1.82) is 0 Å². The van der Waals surface area contributed by atoms with Gasteiger partial charge in [0.2, 0.25) is 0 Å². The lowest BCUT2D eigenvalue weighted by atomic mass is 10.5. The topological polar surface area (TPSA) is 149 Å². The standard InChI is InChI=1S/C14H16F3N5O5/c15-14(16,17)8-20-12(18)21-9-4-5-19-13(22-9)27-7-1-6-26-11(25)3-2-10(23)24/h2-5H,1,6-8H2,(H,23,24)(H3,18,19,20,21,22)/b3-2-. The molecule has 13 heteroatoms. The van der Waals surface area contributed by atoms with E-state index in [2.05, 4.69) is 20.3 Å². The molecule has 0 spiro atoms. The molecule has 0 amide bonds. The van der Waals surface area contributed by atoms with Crippen LogP contribution in [0.5, 0.6) is 6.01 Å². The van der Waals surface area contributed by atoms with E-state index in [-0.39, 0.29) is 31.5 Å². The fourth-order valence-electron chi connectivity index (χ4n) is 1.41. The van der Waals surface area contributed by atoms with Crippen LogP contribution in [0, 0.1) is 0 Å². The number of anilines is 1. The molecule has 4 N–H and O–H groups in total. The minimum absolute atomic E-state index is 0.0300. The van der Waals surface area contributed by atoms with E-state index in [1.807, 2.05) is 0 Å². The van der Waals surface area contributed by atoms with Gasteiger partial charge < -0.3 is 25.6 Å². The Morgan fingerprint density at radius 3 is 2.74 bits per heavy atom. The molecule has 148 valence electrons. The summed E-state index contributed by atoms with van der Waals surface area (Å²) in [4.78, 5) is 32.1. The van der Waals surface area contributed by atoms with Gasteiger partial charge in [-0.25, -0.2) is 19.6 Å². The molecule has 0 aromatic carbocycles. The van der Waals surface area contributed by atoms with Gasteiger partial charge in [0.25, 0.3) is 0 Å². The lowest BCUT2D eigenvalue weighted by Gasteiger charge is -2.08. The number of rotatable bonds is 9. The first-order valence-corrected chi connectivity index (χ1v) is 7.33. The predicted octanol–water partition coefficient (Wildman–Crippen LogP) is 0.718. The van der Waals surface area contributed by atoms with E-state index >= 15 is 0 Å². The van der Waals surface area contributed by atoms with Crippen molar-refractivity contribution in [2.75, 3.05) is 25.1 Å². The number of nitrogens with two attached hydrogens (primary N) is 1. The number of alkyl halides is 3. The molecule has 27 heavy (non-hydrogen) atoms. The van der Waals surface area contributed by atoms with Gasteiger partial charge in [-0.3, -0.25) is 0 Å². The highest BCUT2D eigenvalue weighted by Gasteiger charge is 2.26. The van der Waals surface area contributed by atoms with Crippen molar-refractivity contribution in [3.63, 3.8) is 0 Å². The molecule has 0 aliphatic carbocycles. The lowest BCUT2D eigenvalue weighted by Crippen LogP contribution is -2.26. The number of carbonyl (C=O) groups is 2. The molecule has 0 fully saturated rings. The molecule has 0 bridgehead atoms. The number of carboxylic acid groups (broad SMARTS) is 1. The van der Waals surface area contributed by atoms with E-state index in [9.17, 15) is 22.8 Å². The summed E-state index contributed by atoms with van der Waals surface area (Å²) in [5, 5.41) is 10.7. The number of esters is 1. The number of aliphatic carboxylic acids is 1. The van der Waals surface area contributed by atoms with E-state index in [0.29, 0.717) is 6.08 Å². The summed E-state index contributed by atoms with van der Waals surface area (Å²) >= 11 is 0. The number of nitrogens with zero attached hydrogens (tertiary/aromatic N) is 3. The molecule has 0 atom stereocenters. The quantitative estimate of drug-likeness (QED) is 0.182. The molecule has 0 aliphatic heterocycles. The van der Waals surface area contributed by atoms with E-state index in [1.165, 1.54) is 12.3 Å². The number of aromatic nitrogens is 2. The number of carbonyl (C=O) groups excluding carboxylic acids is 1. The molecule has 0 unspecified atom stereocenters. The lowest BCUT2D eigenvalue weighted by molar-refractivity contribution is -0.139. The van der Waals surface area contributed by atoms with Crippen molar-refractivity contribution in [1.82, 2.24) is 9.97 Å². The molecule has 1 heterocycles. The van der Waals surface area contributed by atoms with E-state index in [0.717, 1.165) is 6.08 Å². The monoisotopic (exact) mass is 391 g/mol. The van der Waals surface area contributed by atoms with Crippen LogP contribution in [-0.4, -0.2) is 58.9 Å². The van der Waals surface area contributed by atoms with E-state index in [4.69, 9.17) is 20.3 Å². The summed E-state index contributed by atoms with van der Waals surface area (Å²) in [6, 6.07) is 1.26. The van der Waals surface area contributed by atoms with Crippen LogP contribution in [-0.2, 0) is 14.3 Å². The second-order valence-electron chi connectivity index (χ2n) is 4.71. The van der Waals surface area contributed by atoms with Crippen LogP contribution in [0.4, 0.5) is 19.0 Å². The first-order chi connectivity index (χ1) is 12.7. The molecule has 10 nitrogen and oxygen atoms in total. The van der Waals surface area contributed by atoms with Crippen LogP contribution < -0.4 is 15.8 Å². The molecule has 0 aliphatic rings. The Bertz CT molecular complexity index is 709. The Kier molecular flexibility index (Phi) is 8.48. The summed E-state index contributed by atoms with van der Waals surface area (Å²) < 4.78 is 46.1. The van der Waals surface area contributed by atoms with Gasteiger partial charge in [0.05, 0.1) is 13.2 Å². The summed E-state index contributed by atoms with van der Waals surface area (Å²) in [5.74, 6) is -2.48. The zero-order valence-corrected chi connectivity index (χ0v) is 13.8. The summed E-state index contributed by atoms with van der Waals surface area (Å²) in [5.41, 5.74) is 5.32. The summed E-state index contributed by atoms with van der Waals surface area (Å²) in [6.07, 6.45) is -1.50. The Labute approximate surface area is 150 Å². The van der Waals surface area contributed by atoms with Crippen molar-refractivity contribution in [2.45, 2.75) is 12.6 Å². The highest BCUT2D eigenvalue weighted by molar-refractivity contribution is 5.91. The second kappa shape index (κ2) is 10.6. The van der Waals surface area contributed by atoms with Gasteiger partial charge in [0.1, 0.15) is 12.4 Å². The number of guanidine groups is 1. The molecule has 0 saturated heterocycles. The van der Waals surface area contributed by atoms with Gasteiger partial charge >= 0.3 is 24.1 Å². The van der Waals surface area contributed by atoms with Crippen LogP contribution >= 0.6 is 0 Å². The highest BCUT2D eigenvalue weighted by atomic mass is 19.4. The van der Waals surface area contributed by atoms with Crippen LogP contribution in [0.15, 0.2) is 29.4 Å². The molecule has 1 rings (SSSR count). The fraction of sp³-hybridized carbons (Fsp3) is 0.357. The van der Waals surface area contributed by atoms with Crippen molar-refractivity contribution in [3.05, 3.63) is 24.4 Å². The normalized spacial score (nSPS) is 12.0. The maximum atomic E-state index is 12.1. The third-order valence-electron chi connectivity index (χ3n) is 2.44. The van der Waals surface area contributed by atoms with Crippen LogP contribution in [0.25, 0.3) is 0 Å². The Hall–Kier alpha value is -3.38. The number of carboxylic acids is 1. The number of hydrogen-bond acceptors (Lipinski definition) is 7. The summed E-state index contributed by atoms with van der Waals surface area (Å²) in [7, 11) is 0. The Balaban J connectivity index is 2.38. The maximum absolute atomic E-state index is 12.1. The Morgan fingerprint density at radius 2 is 2.07 bits per heavy atom. The van der Waals surface area contributed by atoms with Crippen molar-refractivity contribution in [2.24, 2.45) is 10.7 Å². The van der Waals surface area contributed by atoms with E-state index in [1.54, 1.807) is 0 Å². The number of aliphatic imine (C=N–C) groups is 1. The van der Waals surface area contributed by atoms with Crippen molar-refractivity contribution < 1.29 is 37.3 Å². The molecule has 1 aromatic rings. The molecular weight excluding hydrogens is 375 g/mol. The van der Waals surface area contributed by atoms with Gasteiger partial charge in [-0.2, -0.15) is 18.2 Å². The smallest absolute Gasteiger partial charge is 0.408 e. The molecule has 1 aromatic heterocycles. The second-order valence-corrected chi connectivity index (χ2v) is 4.71. The number of hydrogen-bond donors (Lipinski definition) is 3. The van der Waals surface area contributed by atoms with Crippen LogP contribution in [0.1, 0.15) is 6.42 Å². The zero-order valence-electron chi connectivity index (χ0n) is 13.8. The van der Waals surface area contributed by atoms with Crippen LogP contribution in [0.2, 0.25) is 0 Å². The molecule has 0 radical (unpaired) electrons. The zero-order chi connectivity index (χ0) is 20.3. The largest absolute Gasteiger partial charge is 0.478 e. The third kappa shape index (κ3) is 11.0. The SMILES string of the molecule is NC(=NCC(F)(F)F)Nc1ccnc(OCCCOC(=O)/C=C\C(=O)O)n1. The van der Waals surface area contributed by atoms with Gasteiger partial charge in [-0.1, -0.05) is 0 Å². The predicted molar refractivity (Wildman–Crippen MR) is 86.0 cm³/mol.